The molecular weight excluding hydrogens is 422 g/mol. The summed E-state index contributed by atoms with van der Waals surface area (Å²) in [5.41, 5.74) is 6.35. The molecule has 0 aliphatic heterocycles. The number of halogens is 2. The van der Waals surface area contributed by atoms with Crippen molar-refractivity contribution < 1.29 is 28.2 Å². The van der Waals surface area contributed by atoms with Crippen molar-refractivity contribution in [2.75, 3.05) is 12.4 Å². The van der Waals surface area contributed by atoms with Crippen LogP contribution in [-0.4, -0.2) is 36.0 Å². The van der Waals surface area contributed by atoms with Crippen molar-refractivity contribution in [2.24, 2.45) is 5.73 Å². The van der Waals surface area contributed by atoms with Crippen LogP contribution < -0.4 is 16.4 Å². The molecule has 1 unspecified atom stereocenters. The van der Waals surface area contributed by atoms with Crippen LogP contribution in [0.5, 0.6) is 0 Å². The zero-order valence-electron chi connectivity index (χ0n) is 18.3. The van der Waals surface area contributed by atoms with Gasteiger partial charge in [0.05, 0.1) is 11.3 Å². The highest BCUT2D eigenvalue weighted by atomic mass is 19.1. The fourth-order valence-corrected chi connectivity index (χ4v) is 2.67. The first kappa shape index (κ1) is 26.5. The van der Waals surface area contributed by atoms with Gasteiger partial charge in [-0.15, -0.1) is 0 Å². The summed E-state index contributed by atoms with van der Waals surface area (Å²) < 4.78 is 34.2. The number of carboxylic acid groups (broad SMARTS) is 1. The monoisotopic (exact) mass is 450 g/mol. The van der Waals surface area contributed by atoms with Gasteiger partial charge in [0.1, 0.15) is 11.7 Å². The van der Waals surface area contributed by atoms with Crippen molar-refractivity contribution in [1.82, 2.24) is 5.32 Å². The first-order valence-corrected chi connectivity index (χ1v) is 9.65. The van der Waals surface area contributed by atoms with E-state index < -0.39 is 35.2 Å². The molecule has 1 atom stereocenters. The van der Waals surface area contributed by atoms with E-state index in [9.17, 15) is 13.6 Å². The zero-order valence-corrected chi connectivity index (χ0v) is 18.3. The molecular formula is C22H28F2N4O4. The van der Waals surface area contributed by atoms with Crippen LogP contribution in [0.2, 0.25) is 0 Å². The van der Waals surface area contributed by atoms with E-state index in [0.29, 0.717) is 5.56 Å². The number of anilines is 1. The van der Waals surface area contributed by atoms with Gasteiger partial charge >= 0.3 is 0 Å². The lowest BCUT2D eigenvalue weighted by Gasteiger charge is -2.20. The maximum Gasteiger partial charge on any atom is 0.300 e. The van der Waals surface area contributed by atoms with Gasteiger partial charge in [0.25, 0.3) is 11.9 Å². The molecule has 0 aromatic heterocycles. The lowest BCUT2D eigenvalue weighted by molar-refractivity contribution is -0.134. The molecule has 0 bridgehead atoms. The summed E-state index contributed by atoms with van der Waals surface area (Å²) in [6.07, 6.45) is -1.44. The van der Waals surface area contributed by atoms with Crippen LogP contribution in [0.15, 0.2) is 36.4 Å². The molecule has 10 heteroatoms. The standard InChI is InChI=1S/C20H24F2N4O2.C2H4O2/c1-11(2)26-15-9-8-14(21)16(17(15)22)18(28-3)20(27)25-10-12-4-6-13(7-5-12)19(23)24;1-2(3)4/h4-9,11,18,26H,10H2,1-3H3,(H3,23,24)(H,25,27);1H3,(H,3,4). The molecule has 0 saturated carbocycles. The van der Waals surface area contributed by atoms with Gasteiger partial charge in [0.2, 0.25) is 0 Å². The Balaban J connectivity index is 0.00000118. The van der Waals surface area contributed by atoms with Gasteiger partial charge in [-0.3, -0.25) is 15.0 Å². The average molecular weight is 450 g/mol. The first-order valence-electron chi connectivity index (χ1n) is 9.65. The molecule has 0 heterocycles. The zero-order chi connectivity index (χ0) is 24.4. The van der Waals surface area contributed by atoms with E-state index in [0.717, 1.165) is 18.6 Å². The normalized spacial score (nSPS) is 11.2. The molecule has 2 aromatic rings. The van der Waals surface area contributed by atoms with E-state index in [1.54, 1.807) is 24.3 Å². The number of aliphatic carboxylic acids is 1. The fourth-order valence-electron chi connectivity index (χ4n) is 2.67. The number of hydrogen-bond donors (Lipinski definition) is 5. The minimum absolute atomic E-state index is 0.0594. The summed E-state index contributed by atoms with van der Waals surface area (Å²) in [5, 5.41) is 20.3. The Kier molecular flexibility index (Phi) is 10.2. The smallest absolute Gasteiger partial charge is 0.300 e. The van der Waals surface area contributed by atoms with Crippen LogP contribution in [0.3, 0.4) is 0 Å². The Morgan fingerprint density at radius 3 is 2.19 bits per heavy atom. The summed E-state index contributed by atoms with van der Waals surface area (Å²) in [6, 6.07) is 9.02. The van der Waals surface area contributed by atoms with Crippen LogP contribution in [0.25, 0.3) is 0 Å². The Hall–Kier alpha value is -3.53. The average Bonchev–Trinajstić information content (AvgIpc) is 2.71. The van der Waals surface area contributed by atoms with Crippen LogP contribution >= 0.6 is 0 Å². The molecule has 0 aliphatic carbocycles. The van der Waals surface area contributed by atoms with Crippen LogP contribution in [0.1, 0.15) is 43.6 Å². The second-order valence-electron chi connectivity index (χ2n) is 7.08. The summed E-state index contributed by atoms with van der Waals surface area (Å²) in [5.74, 6) is -3.28. The number of nitrogens with one attached hydrogen (secondary N) is 3. The van der Waals surface area contributed by atoms with E-state index in [4.69, 9.17) is 25.8 Å². The van der Waals surface area contributed by atoms with Crippen LogP contribution in [0.4, 0.5) is 14.5 Å². The Labute approximate surface area is 185 Å². The SMILES string of the molecule is CC(=O)O.COC(C(=O)NCc1ccc(C(=N)N)cc1)c1c(F)ccc(NC(C)C)c1F. The van der Waals surface area contributed by atoms with E-state index in [1.165, 1.54) is 13.2 Å². The molecule has 1 amide bonds. The maximum absolute atomic E-state index is 14.8. The maximum atomic E-state index is 14.8. The molecule has 0 spiro atoms. The lowest BCUT2D eigenvalue weighted by Crippen LogP contribution is -2.31. The number of carbonyl (C=O) groups excluding carboxylic acids is 1. The third-order valence-electron chi connectivity index (χ3n) is 4.04. The highest BCUT2D eigenvalue weighted by Crippen LogP contribution is 2.29. The van der Waals surface area contributed by atoms with Crippen molar-refractivity contribution in [3.8, 4) is 0 Å². The molecule has 174 valence electrons. The molecule has 6 N–H and O–H groups in total. The third-order valence-corrected chi connectivity index (χ3v) is 4.04. The molecule has 0 aliphatic rings. The Morgan fingerprint density at radius 1 is 1.16 bits per heavy atom. The van der Waals surface area contributed by atoms with Gasteiger partial charge in [-0.25, -0.2) is 8.78 Å². The van der Waals surface area contributed by atoms with E-state index in [2.05, 4.69) is 10.6 Å². The number of carbonyl (C=O) groups is 2. The summed E-state index contributed by atoms with van der Waals surface area (Å²) in [7, 11) is 1.22. The van der Waals surface area contributed by atoms with Crippen molar-refractivity contribution in [2.45, 2.75) is 39.5 Å². The fraction of sp³-hybridized carbons (Fsp3) is 0.318. The van der Waals surface area contributed by atoms with Crippen LogP contribution in [0, 0.1) is 17.0 Å². The van der Waals surface area contributed by atoms with Crippen LogP contribution in [-0.2, 0) is 20.9 Å². The minimum Gasteiger partial charge on any atom is -0.481 e. The van der Waals surface area contributed by atoms with Gasteiger partial charge in [-0.2, -0.15) is 0 Å². The topological polar surface area (TPSA) is 138 Å². The number of methoxy groups -OCH3 is 1. The molecule has 32 heavy (non-hydrogen) atoms. The van der Waals surface area contributed by atoms with E-state index in [1.807, 2.05) is 13.8 Å². The highest BCUT2D eigenvalue weighted by molar-refractivity contribution is 5.94. The van der Waals surface area contributed by atoms with Crippen molar-refractivity contribution >= 4 is 23.4 Å². The number of nitrogen functional groups attached to an aromatic ring is 1. The number of ether oxygens (including phenoxy) is 1. The number of amides is 1. The highest BCUT2D eigenvalue weighted by Gasteiger charge is 2.28. The summed E-state index contributed by atoms with van der Waals surface area (Å²) >= 11 is 0. The largest absolute Gasteiger partial charge is 0.481 e. The summed E-state index contributed by atoms with van der Waals surface area (Å²) in [4.78, 5) is 21.5. The number of nitrogens with two attached hydrogens (primary N) is 1. The molecule has 2 rings (SSSR count). The van der Waals surface area contributed by atoms with Gasteiger partial charge in [0, 0.05) is 32.2 Å². The van der Waals surface area contributed by atoms with Crippen molar-refractivity contribution in [3.05, 3.63) is 64.7 Å². The second kappa shape index (κ2) is 12.4. The Bertz CT molecular complexity index is 946. The minimum atomic E-state index is -1.44. The number of benzene rings is 2. The van der Waals surface area contributed by atoms with E-state index >= 15 is 0 Å². The number of carboxylic acids is 1. The molecule has 8 nitrogen and oxygen atoms in total. The number of rotatable bonds is 8. The molecule has 0 radical (unpaired) electrons. The van der Waals surface area contributed by atoms with Gasteiger partial charge < -0.3 is 26.2 Å². The predicted octanol–water partition coefficient (Wildman–Crippen LogP) is 3.16. The van der Waals surface area contributed by atoms with Crippen molar-refractivity contribution in [3.63, 3.8) is 0 Å². The summed E-state index contributed by atoms with van der Waals surface area (Å²) in [6.45, 7) is 4.85. The number of hydrogen-bond acceptors (Lipinski definition) is 5. The van der Waals surface area contributed by atoms with E-state index in [-0.39, 0.29) is 24.1 Å². The van der Waals surface area contributed by atoms with Gasteiger partial charge in [-0.05, 0) is 31.5 Å². The van der Waals surface area contributed by atoms with Crippen molar-refractivity contribution in [1.29, 1.82) is 5.41 Å². The van der Waals surface area contributed by atoms with Gasteiger partial charge in [0.15, 0.2) is 11.9 Å². The molecule has 0 fully saturated rings. The van der Waals surface area contributed by atoms with Gasteiger partial charge in [-0.1, -0.05) is 24.3 Å². The second-order valence-corrected chi connectivity index (χ2v) is 7.08. The molecule has 2 aromatic carbocycles. The predicted molar refractivity (Wildman–Crippen MR) is 117 cm³/mol. The first-order chi connectivity index (χ1) is 15.0. The lowest BCUT2D eigenvalue weighted by atomic mass is 10.0. The quantitative estimate of drug-likeness (QED) is 0.309. The molecule has 0 saturated heterocycles. The Morgan fingerprint density at radius 2 is 1.72 bits per heavy atom. The third kappa shape index (κ3) is 7.95. The number of amidine groups is 1.